The van der Waals surface area contributed by atoms with Crippen LogP contribution >= 0.6 is 0 Å². The molecule has 103 valence electrons. The molecule has 3 radical (unpaired) electrons. The molecule has 0 aliphatic heterocycles. The molecule has 0 saturated heterocycles. The van der Waals surface area contributed by atoms with E-state index >= 15 is 0 Å². The summed E-state index contributed by atoms with van der Waals surface area (Å²) in [5.41, 5.74) is -0.0894. The number of aliphatic hydroxyl groups excluding tert-OH is 1. The van der Waals surface area contributed by atoms with Gasteiger partial charge >= 0.3 is 129 Å². The summed E-state index contributed by atoms with van der Waals surface area (Å²) in [6.07, 6.45) is 6.80. The zero-order valence-electron chi connectivity index (χ0n) is 11.0. The van der Waals surface area contributed by atoms with Crippen molar-refractivity contribution < 1.29 is 9.84 Å². The zero-order chi connectivity index (χ0) is 13.7. The van der Waals surface area contributed by atoms with Gasteiger partial charge in [0, 0.05) is 0 Å². The Hall–Kier alpha value is -0.208. The Balaban J connectivity index is 1.90. The van der Waals surface area contributed by atoms with E-state index in [9.17, 15) is 9.90 Å². The number of pyridine rings is 1. The Kier molecular flexibility index (Phi) is 6.03. The van der Waals surface area contributed by atoms with Gasteiger partial charge < -0.3 is 0 Å². The van der Waals surface area contributed by atoms with Crippen LogP contribution in [0.4, 0.5) is 0 Å². The SMILES string of the molecule is O=c1ccccn1C(CO)COC1CC[CH]([Pb])CC1. The molecule has 1 saturated carbocycles. The molecule has 1 unspecified atom stereocenters. The van der Waals surface area contributed by atoms with Crippen LogP contribution in [0.1, 0.15) is 31.7 Å². The molecule has 0 spiro atoms. The summed E-state index contributed by atoms with van der Waals surface area (Å²) in [6.45, 7) is 0.344. The molecule has 1 fully saturated rings. The molecule has 0 aromatic carbocycles. The maximum absolute atomic E-state index is 11.7. The van der Waals surface area contributed by atoms with Crippen LogP contribution in [0, 0.1) is 0 Å². The quantitative estimate of drug-likeness (QED) is 0.679. The van der Waals surface area contributed by atoms with E-state index in [0.717, 1.165) is 16.3 Å². The van der Waals surface area contributed by atoms with E-state index in [1.807, 2.05) is 0 Å². The van der Waals surface area contributed by atoms with E-state index in [4.69, 9.17) is 4.74 Å². The summed E-state index contributed by atoms with van der Waals surface area (Å²) in [6, 6.07) is 4.75. The van der Waals surface area contributed by atoms with E-state index in [-0.39, 0.29) is 18.2 Å². The monoisotopic (exact) mass is 458 g/mol. The summed E-state index contributed by atoms with van der Waals surface area (Å²) < 4.78 is 8.38. The Morgan fingerprint density at radius 1 is 1.37 bits per heavy atom. The second kappa shape index (κ2) is 7.54. The van der Waals surface area contributed by atoms with Crippen LogP contribution in [0.3, 0.4) is 0 Å². The molecule has 1 aromatic heterocycles. The first kappa shape index (κ1) is 15.2. The first-order valence-electron chi connectivity index (χ1n) is 6.81. The van der Waals surface area contributed by atoms with Crippen molar-refractivity contribution in [2.75, 3.05) is 13.2 Å². The molecule has 0 bridgehead atoms. The first-order chi connectivity index (χ1) is 9.20. The third kappa shape index (κ3) is 4.39. The van der Waals surface area contributed by atoms with Gasteiger partial charge in [-0.1, -0.05) is 0 Å². The first-order valence-corrected chi connectivity index (χ1v) is 9.06. The number of aromatic nitrogens is 1. The Labute approximate surface area is 129 Å². The zero-order valence-corrected chi connectivity index (χ0v) is 14.9. The molecule has 4 nitrogen and oxygen atoms in total. The van der Waals surface area contributed by atoms with Gasteiger partial charge in [-0.25, -0.2) is 0 Å². The van der Waals surface area contributed by atoms with Crippen molar-refractivity contribution in [1.82, 2.24) is 4.57 Å². The van der Waals surface area contributed by atoms with Crippen LogP contribution in [-0.4, -0.2) is 54.8 Å². The van der Waals surface area contributed by atoms with E-state index in [2.05, 4.69) is 0 Å². The molecule has 1 N–H and O–H groups in total. The van der Waals surface area contributed by atoms with Crippen LogP contribution in [0.2, 0.25) is 3.48 Å². The molecule has 0 amide bonds. The number of hydrogen-bond donors (Lipinski definition) is 1. The van der Waals surface area contributed by atoms with E-state index in [1.54, 1.807) is 22.9 Å². The van der Waals surface area contributed by atoms with E-state index in [1.165, 1.54) is 44.7 Å². The predicted molar refractivity (Wildman–Crippen MR) is 74.5 cm³/mol. The second-order valence-electron chi connectivity index (χ2n) is 5.09. The fourth-order valence-electron chi connectivity index (χ4n) is 2.44. The van der Waals surface area contributed by atoms with Crippen molar-refractivity contribution >= 4 is 25.8 Å². The third-order valence-corrected chi connectivity index (χ3v) is 5.90. The predicted octanol–water partition coefficient (Wildman–Crippen LogP) is 1.30. The van der Waals surface area contributed by atoms with Crippen molar-refractivity contribution in [3.8, 4) is 0 Å². The molecule has 1 atom stereocenters. The van der Waals surface area contributed by atoms with Gasteiger partial charge in [0.15, 0.2) is 0 Å². The molecule has 5 heteroatoms. The summed E-state index contributed by atoms with van der Waals surface area (Å²) in [4.78, 5) is 11.7. The van der Waals surface area contributed by atoms with Gasteiger partial charge in [0.1, 0.15) is 0 Å². The topological polar surface area (TPSA) is 51.5 Å². The van der Waals surface area contributed by atoms with Gasteiger partial charge in [-0.2, -0.15) is 0 Å². The molecule has 2 rings (SSSR count). The number of hydrogen-bond acceptors (Lipinski definition) is 3. The third-order valence-electron chi connectivity index (χ3n) is 3.65. The van der Waals surface area contributed by atoms with Crippen LogP contribution in [0.25, 0.3) is 0 Å². The molecule has 1 aliphatic carbocycles. The Morgan fingerprint density at radius 3 is 2.74 bits per heavy atom. The fourth-order valence-corrected chi connectivity index (χ4v) is 3.73. The Bertz CT molecular complexity index is 440. The number of ether oxygens (including phenoxy) is 1. The summed E-state index contributed by atoms with van der Waals surface area (Å²) in [5, 5.41) is 9.44. The second-order valence-corrected chi connectivity index (χ2v) is 8.26. The average Bonchev–Trinajstić information content (AvgIpc) is 2.43. The van der Waals surface area contributed by atoms with Crippen molar-refractivity contribution in [3.63, 3.8) is 0 Å². The van der Waals surface area contributed by atoms with Gasteiger partial charge in [0.25, 0.3) is 0 Å². The van der Waals surface area contributed by atoms with E-state index in [0.29, 0.717) is 12.7 Å². The van der Waals surface area contributed by atoms with Crippen LogP contribution in [0.5, 0.6) is 0 Å². The summed E-state index contributed by atoms with van der Waals surface area (Å²) in [5.74, 6) is 0. The van der Waals surface area contributed by atoms with Gasteiger partial charge in [0.2, 0.25) is 0 Å². The van der Waals surface area contributed by atoms with Crippen LogP contribution < -0.4 is 5.56 Å². The van der Waals surface area contributed by atoms with Gasteiger partial charge in [-0.15, -0.1) is 0 Å². The van der Waals surface area contributed by atoms with Crippen molar-refractivity contribution in [2.24, 2.45) is 0 Å². The van der Waals surface area contributed by atoms with Crippen molar-refractivity contribution in [3.05, 3.63) is 34.7 Å². The molecular weight excluding hydrogens is 437 g/mol. The summed E-state index contributed by atoms with van der Waals surface area (Å²) in [7, 11) is 0. The van der Waals surface area contributed by atoms with Crippen molar-refractivity contribution in [1.29, 1.82) is 0 Å². The number of aliphatic hydroxyl groups is 1. The minimum atomic E-state index is -0.276. The molecule has 1 aromatic rings. The number of rotatable bonds is 5. The molecular formula is C14H20NO3Pb. The fraction of sp³-hybridized carbons (Fsp3) is 0.643. The standard InChI is InChI=1S/C14H20NO3.Pb/c16-10-12(15-9-5-4-8-14(15)17)11-18-13-6-2-1-3-7-13;/h1,4-5,8-9,12-13,16H,2-3,6-7,10-11H2;. The van der Waals surface area contributed by atoms with Crippen molar-refractivity contribution in [2.45, 2.75) is 41.3 Å². The van der Waals surface area contributed by atoms with Gasteiger partial charge in [-0.3, -0.25) is 0 Å². The van der Waals surface area contributed by atoms with Crippen LogP contribution in [0.15, 0.2) is 29.2 Å². The van der Waals surface area contributed by atoms with Crippen LogP contribution in [-0.2, 0) is 4.74 Å². The normalized spacial score (nSPS) is 25.2. The van der Waals surface area contributed by atoms with Gasteiger partial charge in [0.05, 0.1) is 0 Å². The average molecular weight is 458 g/mol. The summed E-state index contributed by atoms with van der Waals surface area (Å²) >= 11 is 1.28. The Morgan fingerprint density at radius 2 is 2.11 bits per heavy atom. The van der Waals surface area contributed by atoms with Gasteiger partial charge in [-0.05, 0) is 0 Å². The number of nitrogens with zero attached hydrogens (tertiary/aromatic N) is 1. The molecule has 1 heterocycles. The minimum absolute atomic E-state index is 0.0695. The molecule has 1 aliphatic rings. The van der Waals surface area contributed by atoms with E-state index < -0.39 is 0 Å². The molecule has 19 heavy (non-hydrogen) atoms. The maximum atomic E-state index is 11.7.